The first kappa shape index (κ1) is 19.7. The Labute approximate surface area is 175 Å². The first-order valence-corrected chi connectivity index (χ1v) is 9.92. The number of carbonyl (C=O) groups excluding carboxylic acids is 2. The van der Waals surface area contributed by atoms with Crippen LogP contribution in [0.5, 0.6) is 0 Å². The highest BCUT2D eigenvalue weighted by molar-refractivity contribution is 5.93. The van der Waals surface area contributed by atoms with Crippen LogP contribution in [0.25, 0.3) is 11.1 Å². The fourth-order valence-electron chi connectivity index (χ4n) is 4.05. The number of likely N-dealkylation sites (tertiary alicyclic amines) is 1. The Morgan fingerprint density at radius 3 is 2.47 bits per heavy atom. The summed E-state index contributed by atoms with van der Waals surface area (Å²) in [4.78, 5) is 39.2. The number of hydrogen-bond acceptors (Lipinski definition) is 5. The second-order valence-corrected chi connectivity index (χ2v) is 7.68. The van der Waals surface area contributed by atoms with Gasteiger partial charge in [-0.1, -0.05) is 30.3 Å². The molecule has 0 spiro atoms. The molecule has 2 N–H and O–H groups in total. The van der Waals surface area contributed by atoms with Crippen LogP contribution in [0, 0.1) is 5.41 Å². The first-order chi connectivity index (χ1) is 14.6. The second kappa shape index (κ2) is 8.41. The lowest BCUT2D eigenvalue weighted by atomic mass is 9.74. The summed E-state index contributed by atoms with van der Waals surface area (Å²) < 4.78 is 0. The first-order valence-electron chi connectivity index (χ1n) is 9.92. The zero-order valence-corrected chi connectivity index (χ0v) is 16.6. The minimum Gasteiger partial charge on any atom is -0.369 e. The van der Waals surface area contributed by atoms with Gasteiger partial charge in [-0.25, -0.2) is 4.98 Å². The number of rotatable bonds is 5. The van der Waals surface area contributed by atoms with Crippen LogP contribution in [-0.2, 0) is 11.2 Å². The van der Waals surface area contributed by atoms with Crippen molar-refractivity contribution in [1.29, 1.82) is 0 Å². The van der Waals surface area contributed by atoms with Gasteiger partial charge in [0.15, 0.2) is 0 Å². The number of hydrogen-bond donors (Lipinski definition) is 1. The van der Waals surface area contributed by atoms with Crippen molar-refractivity contribution < 1.29 is 9.59 Å². The minimum atomic E-state index is -0.800. The third kappa shape index (κ3) is 4.05. The zero-order chi connectivity index (χ0) is 21.0. The highest BCUT2D eigenvalue weighted by Crippen LogP contribution is 2.34. The van der Waals surface area contributed by atoms with E-state index in [1.165, 1.54) is 18.6 Å². The van der Waals surface area contributed by atoms with E-state index < -0.39 is 5.41 Å². The lowest BCUT2D eigenvalue weighted by Gasteiger charge is -2.40. The van der Waals surface area contributed by atoms with E-state index in [-0.39, 0.29) is 24.1 Å². The molecular formula is C23H23N5O2. The lowest BCUT2D eigenvalue weighted by molar-refractivity contribution is -0.130. The molecule has 2 aromatic heterocycles. The molecule has 30 heavy (non-hydrogen) atoms. The van der Waals surface area contributed by atoms with E-state index in [1.54, 1.807) is 11.1 Å². The number of primary amides is 1. The normalized spacial score (nSPS) is 18.7. The predicted octanol–water partition coefficient (Wildman–Crippen LogP) is 2.49. The topological polar surface area (TPSA) is 102 Å². The summed E-state index contributed by atoms with van der Waals surface area (Å²) in [5, 5.41) is 0. The third-order valence-corrected chi connectivity index (χ3v) is 5.66. The van der Waals surface area contributed by atoms with Gasteiger partial charge >= 0.3 is 0 Å². The smallest absolute Gasteiger partial charge is 0.274 e. The van der Waals surface area contributed by atoms with Gasteiger partial charge in [0, 0.05) is 37.9 Å². The number of pyridine rings is 1. The minimum absolute atomic E-state index is 0.222. The van der Waals surface area contributed by atoms with Crippen molar-refractivity contribution in [1.82, 2.24) is 19.9 Å². The van der Waals surface area contributed by atoms with Crippen molar-refractivity contribution in [3.63, 3.8) is 0 Å². The average Bonchev–Trinajstić information content (AvgIpc) is 2.80. The number of benzene rings is 1. The standard InChI is InChI=1S/C23H23N5O2/c24-22(30)23(8-2-12-28(16-23)21(29)20-15-26-10-11-27-20)13-17-4-6-18(7-5-17)19-3-1-9-25-14-19/h1,3-7,9-11,14-15H,2,8,12-13,16H2,(H2,24,30)/t23-/m1/s1. The quantitative estimate of drug-likeness (QED) is 0.708. The monoisotopic (exact) mass is 401 g/mol. The van der Waals surface area contributed by atoms with E-state index in [4.69, 9.17) is 5.73 Å². The van der Waals surface area contributed by atoms with E-state index in [1.807, 2.05) is 42.6 Å². The van der Waals surface area contributed by atoms with Crippen molar-refractivity contribution in [2.45, 2.75) is 19.3 Å². The molecule has 1 saturated heterocycles. The number of amides is 2. The Morgan fingerprint density at radius 2 is 1.80 bits per heavy atom. The van der Waals surface area contributed by atoms with Gasteiger partial charge in [-0.3, -0.25) is 19.6 Å². The number of nitrogens with zero attached hydrogens (tertiary/aromatic N) is 4. The summed E-state index contributed by atoms with van der Waals surface area (Å²) in [5.41, 5.74) is 8.44. The summed E-state index contributed by atoms with van der Waals surface area (Å²) in [7, 11) is 0. The largest absolute Gasteiger partial charge is 0.369 e. The molecule has 1 aromatic carbocycles. The zero-order valence-electron chi connectivity index (χ0n) is 16.6. The van der Waals surface area contributed by atoms with Crippen LogP contribution >= 0.6 is 0 Å². The van der Waals surface area contributed by atoms with Crippen LogP contribution in [-0.4, -0.2) is 44.8 Å². The maximum atomic E-state index is 12.8. The highest BCUT2D eigenvalue weighted by atomic mass is 16.2. The van der Waals surface area contributed by atoms with E-state index in [0.717, 1.165) is 16.7 Å². The predicted molar refractivity (Wildman–Crippen MR) is 112 cm³/mol. The molecule has 1 fully saturated rings. The van der Waals surface area contributed by atoms with Crippen LogP contribution in [0.1, 0.15) is 28.9 Å². The Bertz CT molecular complexity index is 1020. The molecule has 7 nitrogen and oxygen atoms in total. The van der Waals surface area contributed by atoms with Gasteiger partial charge < -0.3 is 10.6 Å². The lowest BCUT2D eigenvalue weighted by Crippen LogP contribution is -2.53. The van der Waals surface area contributed by atoms with Crippen molar-refractivity contribution in [2.24, 2.45) is 11.1 Å². The molecule has 152 valence electrons. The molecule has 1 aliphatic heterocycles. The molecule has 0 unspecified atom stereocenters. The molecule has 4 rings (SSSR count). The van der Waals surface area contributed by atoms with Gasteiger partial charge in [0.05, 0.1) is 11.6 Å². The fourth-order valence-corrected chi connectivity index (χ4v) is 4.05. The molecule has 0 aliphatic carbocycles. The van der Waals surface area contributed by atoms with Crippen molar-refractivity contribution in [2.75, 3.05) is 13.1 Å². The molecule has 0 bridgehead atoms. The Balaban J connectivity index is 1.54. The summed E-state index contributed by atoms with van der Waals surface area (Å²) in [5.74, 6) is -0.601. The number of aromatic nitrogens is 3. The number of carbonyl (C=O) groups is 2. The van der Waals surface area contributed by atoms with Gasteiger partial charge in [0.2, 0.25) is 5.91 Å². The van der Waals surface area contributed by atoms with Crippen LogP contribution in [0.2, 0.25) is 0 Å². The van der Waals surface area contributed by atoms with Gasteiger partial charge in [-0.2, -0.15) is 0 Å². The molecule has 7 heteroatoms. The van der Waals surface area contributed by atoms with E-state index in [2.05, 4.69) is 15.0 Å². The summed E-state index contributed by atoms with van der Waals surface area (Å²) >= 11 is 0. The Kier molecular flexibility index (Phi) is 5.52. The number of nitrogens with two attached hydrogens (primary N) is 1. The summed E-state index contributed by atoms with van der Waals surface area (Å²) in [6.45, 7) is 0.854. The van der Waals surface area contributed by atoms with Gasteiger partial charge in [-0.05, 0) is 42.0 Å². The third-order valence-electron chi connectivity index (χ3n) is 5.66. The molecule has 1 atom stereocenters. The Morgan fingerprint density at radius 1 is 1.00 bits per heavy atom. The Hall–Kier alpha value is -3.61. The molecular weight excluding hydrogens is 378 g/mol. The van der Waals surface area contributed by atoms with Crippen molar-refractivity contribution in [3.05, 3.63) is 78.6 Å². The van der Waals surface area contributed by atoms with Crippen LogP contribution in [0.4, 0.5) is 0 Å². The molecule has 1 aliphatic rings. The van der Waals surface area contributed by atoms with Crippen molar-refractivity contribution in [3.8, 4) is 11.1 Å². The van der Waals surface area contributed by atoms with Gasteiger partial charge in [0.25, 0.3) is 5.91 Å². The van der Waals surface area contributed by atoms with E-state index in [0.29, 0.717) is 25.8 Å². The van der Waals surface area contributed by atoms with Gasteiger partial charge in [-0.15, -0.1) is 0 Å². The second-order valence-electron chi connectivity index (χ2n) is 7.68. The van der Waals surface area contributed by atoms with Crippen LogP contribution in [0.3, 0.4) is 0 Å². The fraction of sp³-hybridized carbons (Fsp3) is 0.261. The maximum absolute atomic E-state index is 12.8. The van der Waals surface area contributed by atoms with Crippen LogP contribution < -0.4 is 5.73 Å². The van der Waals surface area contributed by atoms with E-state index >= 15 is 0 Å². The molecule has 3 heterocycles. The summed E-state index contributed by atoms with van der Waals surface area (Å²) in [6, 6.07) is 12.0. The van der Waals surface area contributed by atoms with E-state index in [9.17, 15) is 9.59 Å². The highest BCUT2D eigenvalue weighted by Gasteiger charge is 2.42. The molecule has 0 radical (unpaired) electrons. The SMILES string of the molecule is NC(=O)[C@@]1(Cc2ccc(-c3cccnc3)cc2)CCCN(C(=O)c2cnccn2)C1. The van der Waals surface area contributed by atoms with Crippen LogP contribution in [0.15, 0.2) is 67.4 Å². The molecule has 3 aromatic rings. The summed E-state index contributed by atoms with van der Waals surface area (Å²) in [6.07, 6.45) is 9.86. The molecule has 2 amide bonds. The van der Waals surface area contributed by atoms with Gasteiger partial charge in [0.1, 0.15) is 5.69 Å². The van der Waals surface area contributed by atoms with Crippen molar-refractivity contribution >= 4 is 11.8 Å². The molecule has 0 saturated carbocycles. The average molecular weight is 401 g/mol. The number of piperidine rings is 1. The maximum Gasteiger partial charge on any atom is 0.274 e.